The van der Waals surface area contributed by atoms with Crippen LogP contribution in [-0.4, -0.2) is 36.9 Å². The Labute approximate surface area is 195 Å². The fraction of sp³-hybridized carbons (Fsp3) is 0.462. The van der Waals surface area contributed by atoms with Crippen LogP contribution >= 0.6 is 0 Å². The summed E-state index contributed by atoms with van der Waals surface area (Å²) in [5, 5.41) is 9.17. The lowest BCUT2D eigenvalue weighted by Crippen LogP contribution is -2.12. The van der Waals surface area contributed by atoms with Gasteiger partial charge in [-0.25, -0.2) is 9.59 Å². The van der Waals surface area contributed by atoms with Gasteiger partial charge in [0.2, 0.25) is 5.75 Å². The summed E-state index contributed by atoms with van der Waals surface area (Å²) in [7, 11) is 0. The Morgan fingerprint density at radius 2 is 1.30 bits per heavy atom. The van der Waals surface area contributed by atoms with Gasteiger partial charge in [0.05, 0.1) is 30.9 Å². The van der Waals surface area contributed by atoms with Gasteiger partial charge in [0.25, 0.3) is 0 Å². The maximum Gasteiger partial charge on any atom is 0.343 e. The minimum atomic E-state index is -1.10. The van der Waals surface area contributed by atoms with Crippen LogP contribution in [0.4, 0.5) is 0 Å². The predicted octanol–water partition coefficient (Wildman–Crippen LogP) is 6.14. The number of hydrogen-bond acceptors (Lipinski definition) is 6. The lowest BCUT2D eigenvalue weighted by atomic mass is 10.1. The fourth-order valence-electron chi connectivity index (χ4n) is 2.88. The van der Waals surface area contributed by atoms with E-state index in [0.717, 1.165) is 38.5 Å². The van der Waals surface area contributed by atoms with Crippen LogP contribution in [0.5, 0.6) is 23.0 Å². The lowest BCUT2D eigenvalue weighted by Gasteiger charge is -2.18. The maximum atomic E-state index is 12.9. The van der Waals surface area contributed by atoms with Crippen LogP contribution in [0.3, 0.4) is 0 Å². The summed E-state index contributed by atoms with van der Waals surface area (Å²) in [6, 6.07) is 8.97. The molecular formula is C26H34O7. The van der Waals surface area contributed by atoms with Crippen molar-refractivity contribution in [2.24, 2.45) is 0 Å². The van der Waals surface area contributed by atoms with E-state index in [0.29, 0.717) is 37.1 Å². The molecular weight excluding hydrogens is 424 g/mol. The van der Waals surface area contributed by atoms with E-state index in [9.17, 15) is 14.7 Å². The second kappa shape index (κ2) is 14.0. The van der Waals surface area contributed by atoms with Gasteiger partial charge in [-0.2, -0.15) is 0 Å². The Kier molecular flexibility index (Phi) is 11.1. The predicted molar refractivity (Wildman–Crippen MR) is 126 cm³/mol. The minimum Gasteiger partial charge on any atom is -0.490 e. The third-order valence-electron chi connectivity index (χ3n) is 4.80. The molecule has 0 heterocycles. The highest BCUT2D eigenvalue weighted by Gasteiger charge is 2.20. The molecule has 0 amide bonds. The monoisotopic (exact) mass is 458 g/mol. The minimum absolute atomic E-state index is 0.0344. The van der Waals surface area contributed by atoms with Crippen LogP contribution in [-0.2, 0) is 0 Å². The Morgan fingerprint density at radius 3 is 1.82 bits per heavy atom. The van der Waals surface area contributed by atoms with Crippen molar-refractivity contribution in [2.45, 2.75) is 59.3 Å². The molecule has 0 saturated carbocycles. The summed E-state index contributed by atoms with van der Waals surface area (Å²) >= 11 is 0. The van der Waals surface area contributed by atoms with E-state index in [1.165, 1.54) is 24.3 Å². The second-order valence-corrected chi connectivity index (χ2v) is 7.63. The number of aromatic carboxylic acids is 1. The number of carbonyl (C=O) groups is 2. The molecule has 2 aromatic carbocycles. The first kappa shape index (κ1) is 26.0. The number of unbranched alkanes of at least 4 members (excludes halogenated alkanes) is 3. The molecule has 180 valence electrons. The zero-order valence-electron chi connectivity index (χ0n) is 19.7. The van der Waals surface area contributed by atoms with Crippen LogP contribution in [0.25, 0.3) is 0 Å². The van der Waals surface area contributed by atoms with Crippen LogP contribution in [0.1, 0.15) is 80.0 Å². The molecule has 7 nitrogen and oxygen atoms in total. The average molecular weight is 459 g/mol. The van der Waals surface area contributed by atoms with E-state index in [4.69, 9.17) is 18.9 Å². The number of carboxylic acids is 1. The number of ether oxygens (including phenoxy) is 4. The number of rotatable bonds is 15. The van der Waals surface area contributed by atoms with Gasteiger partial charge < -0.3 is 24.1 Å². The SMILES string of the molecule is CCCCOc1cc(C(=O)Oc2cccc(C(=O)O)c2)cc(OCCCC)c1OCCCC. The van der Waals surface area contributed by atoms with Gasteiger partial charge in [0.1, 0.15) is 5.75 Å². The number of hydrogen-bond donors (Lipinski definition) is 1. The van der Waals surface area contributed by atoms with Crippen molar-refractivity contribution in [1.29, 1.82) is 0 Å². The van der Waals surface area contributed by atoms with Gasteiger partial charge in [-0.1, -0.05) is 46.1 Å². The number of esters is 1. The molecule has 0 fully saturated rings. The van der Waals surface area contributed by atoms with Gasteiger partial charge in [-0.15, -0.1) is 0 Å². The topological polar surface area (TPSA) is 91.3 Å². The molecule has 0 atom stereocenters. The Hall–Kier alpha value is -3.22. The largest absolute Gasteiger partial charge is 0.490 e. The zero-order valence-corrected chi connectivity index (χ0v) is 19.7. The Balaban J connectivity index is 2.37. The number of carboxylic acid groups (broad SMARTS) is 1. The molecule has 0 spiro atoms. The Morgan fingerprint density at radius 1 is 0.758 bits per heavy atom. The maximum absolute atomic E-state index is 12.9. The van der Waals surface area contributed by atoms with Crippen molar-refractivity contribution in [3.05, 3.63) is 47.5 Å². The van der Waals surface area contributed by atoms with Gasteiger partial charge >= 0.3 is 11.9 Å². The molecule has 0 aliphatic rings. The summed E-state index contributed by atoms with van der Waals surface area (Å²) in [6.07, 6.45) is 5.51. The lowest BCUT2D eigenvalue weighted by molar-refractivity contribution is 0.0687. The second-order valence-electron chi connectivity index (χ2n) is 7.63. The van der Waals surface area contributed by atoms with Crippen LogP contribution < -0.4 is 18.9 Å². The van der Waals surface area contributed by atoms with Crippen LogP contribution in [0.2, 0.25) is 0 Å². The van der Waals surface area contributed by atoms with E-state index in [2.05, 4.69) is 20.8 Å². The molecule has 0 aromatic heterocycles. The standard InChI is InChI=1S/C26H34O7/c1-4-7-13-30-22-17-20(26(29)33-21-12-10-11-19(16-21)25(27)28)18-23(31-14-8-5-2)24(22)32-15-9-6-3/h10-12,16-18H,4-9,13-15H2,1-3H3,(H,27,28). The van der Waals surface area contributed by atoms with Crippen molar-refractivity contribution in [3.63, 3.8) is 0 Å². The summed E-state index contributed by atoms with van der Waals surface area (Å²) in [6.45, 7) is 7.69. The van der Waals surface area contributed by atoms with E-state index in [1.54, 1.807) is 12.1 Å². The summed E-state index contributed by atoms with van der Waals surface area (Å²) < 4.78 is 23.3. The first-order valence-corrected chi connectivity index (χ1v) is 11.6. The molecule has 2 rings (SSSR count). The number of benzene rings is 2. The van der Waals surface area contributed by atoms with Gasteiger partial charge in [0, 0.05) is 0 Å². The van der Waals surface area contributed by atoms with E-state index >= 15 is 0 Å². The van der Waals surface area contributed by atoms with E-state index < -0.39 is 11.9 Å². The molecule has 0 aliphatic heterocycles. The highest BCUT2D eigenvalue weighted by molar-refractivity contribution is 5.93. The normalized spacial score (nSPS) is 10.5. The zero-order chi connectivity index (χ0) is 24.1. The fourth-order valence-corrected chi connectivity index (χ4v) is 2.88. The van der Waals surface area contributed by atoms with Crippen molar-refractivity contribution < 1.29 is 33.6 Å². The van der Waals surface area contributed by atoms with Crippen LogP contribution in [0, 0.1) is 0 Å². The average Bonchev–Trinajstić information content (AvgIpc) is 2.80. The molecule has 0 radical (unpaired) electrons. The summed E-state index contributed by atoms with van der Waals surface area (Å²) in [4.78, 5) is 24.1. The molecule has 7 heteroatoms. The Bertz CT molecular complexity index is 876. The quantitative estimate of drug-likeness (QED) is 0.195. The highest BCUT2D eigenvalue weighted by Crippen LogP contribution is 2.40. The van der Waals surface area contributed by atoms with E-state index in [1.807, 2.05) is 0 Å². The van der Waals surface area contributed by atoms with Crippen molar-refractivity contribution >= 4 is 11.9 Å². The van der Waals surface area contributed by atoms with Gasteiger partial charge in [-0.3, -0.25) is 0 Å². The highest BCUT2D eigenvalue weighted by atomic mass is 16.5. The van der Waals surface area contributed by atoms with Crippen molar-refractivity contribution in [2.75, 3.05) is 19.8 Å². The first-order chi connectivity index (χ1) is 16.0. The summed E-state index contributed by atoms with van der Waals surface area (Å²) in [5.74, 6) is -0.247. The molecule has 0 unspecified atom stereocenters. The van der Waals surface area contributed by atoms with Crippen molar-refractivity contribution in [3.8, 4) is 23.0 Å². The molecule has 33 heavy (non-hydrogen) atoms. The molecule has 0 saturated heterocycles. The molecule has 1 N–H and O–H groups in total. The van der Waals surface area contributed by atoms with Gasteiger partial charge in [-0.05, 0) is 49.6 Å². The molecule has 0 bridgehead atoms. The number of carbonyl (C=O) groups excluding carboxylic acids is 1. The summed E-state index contributed by atoms with van der Waals surface area (Å²) in [5.41, 5.74) is 0.267. The van der Waals surface area contributed by atoms with E-state index in [-0.39, 0.29) is 16.9 Å². The first-order valence-electron chi connectivity index (χ1n) is 11.6. The smallest absolute Gasteiger partial charge is 0.343 e. The third-order valence-corrected chi connectivity index (χ3v) is 4.80. The molecule has 2 aromatic rings. The molecule has 0 aliphatic carbocycles. The third kappa shape index (κ3) is 8.33. The van der Waals surface area contributed by atoms with Crippen molar-refractivity contribution in [1.82, 2.24) is 0 Å². The van der Waals surface area contributed by atoms with Gasteiger partial charge in [0.15, 0.2) is 11.5 Å². The van der Waals surface area contributed by atoms with Crippen LogP contribution in [0.15, 0.2) is 36.4 Å².